The Balaban J connectivity index is 1.67. The van der Waals surface area contributed by atoms with Gasteiger partial charge in [0.2, 0.25) is 5.89 Å². The minimum Gasteiger partial charge on any atom is -0.439 e. The number of anilines is 1. The van der Waals surface area contributed by atoms with Crippen LogP contribution in [-0.4, -0.2) is 47.0 Å². The van der Waals surface area contributed by atoms with Gasteiger partial charge in [0.1, 0.15) is 5.52 Å². The van der Waals surface area contributed by atoms with E-state index in [0.717, 1.165) is 49.7 Å². The van der Waals surface area contributed by atoms with E-state index in [1.54, 1.807) is 0 Å². The van der Waals surface area contributed by atoms with Crippen LogP contribution in [0.1, 0.15) is 19.7 Å². The molecule has 1 aromatic heterocycles. The number of benzene rings is 1. The zero-order valence-corrected chi connectivity index (χ0v) is 12.2. The summed E-state index contributed by atoms with van der Waals surface area (Å²) in [6, 6.07) is 6.30. The van der Waals surface area contributed by atoms with Gasteiger partial charge in [-0.05, 0) is 26.0 Å². The van der Waals surface area contributed by atoms with Crippen molar-refractivity contribution in [2.75, 3.05) is 31.9 Å². The molecule has 2 N–H and O–H groups in total. The molecule has 0 bridgehead atoms. The van der Waals surface area contributed by atoms with E-state index in [9.17, 15) is 0 Å². The van der Waals surface area contributed by atoms with Crippen LogP contribution in [0.2, 0.25) is 0 Å². The third-order valence-electron chi connectivity index (χ3n) is 3.99. The van der Waals surface area contributed by atoms with Crippen LogP contribution in [0.15, 0.2) is 22.6 Å². The number of piperazine rings is 1. The van der Waals surface area contributed by atoms with E-state index in [1.165, 1.54) is 0 Å². The third-order valence-corrected chi connectivity index (χ3v) is 3.99. The quantitative estimate of drug-likeness (QED) is 0.867. The van der Waals surface area contributed by atoms with Crippen LogP contribution in [0.4, 0.5) is 5.69 Å². The van der Waals surface area contributed by atoms with Gasteiger partial charge < -0.3 is 10.2 Å². The van der Waals surface area contributed by atoms with E-state index in [4.69, 9.17) is 10.2 Å². The molecule has 0 unspecified atom stereocenters. The second-order valence-electron chi connectivity index (χ2n) is 5.71. The fourth-order valence-corrected chi connectivity index (χ4v) is 2.71. The SMILES string of the molecule is CC(C)N1CCN(Cc2nc3c(N)cccc3o2)CC1. The Bertz CT molecular complexity index is 585. The number of rotatable bonds is 3. The molecule has 1 fully saturated rings. The van der Waals surface area contributed by atoms with Gasteiger partial charge in [-0.3, -0.25) is 9.80 Å². The summed E-state index contributed by atoms with van der Waals surface area (Å²) in [5.74, 6) is 0.760. The first-order chi connectivity index (χ1) is 9.63. The third kappa shape index (κ3) is 2.64. The molecule has 0 saturated carbocycles. The van der Waals surface area contributed by atoms with Crippen LogP contribution >= 0.6 is 0 Å². The summed E-state index contributed by atoms with van der Waals surface area (Å²) in [5, 5.41) is 0. The van der Waals surface area contributed by atoms with Crippen molar-refractivity contribution in [1.82, 2.24) is 14.8 Å². The van der Waals surface area contributed by atoms with Crippen molar-refractivity contribution in [1.29, 1.82) is 0 Å². The molecule has 20 heavy (non-hydrogen) atoms. The van der Waals surface area contributed by atoms with Gasteiger partial charge in [0.25, 0.3) is 0 Å². The highest BCUT2D eigenvalue weighted by Gasteiger charge is 2.20. The van der Waals surface area contributed by atoms with Crippen molar-refractivity contribution in [3.63, 3.8) is 0 Å². The molecular formula is C15H22N4O. The standard InChI is InChI=1S/C15H22N4O/c1-11(2)19-8-6-18(7-9-19)10-14-17-15-12(16)4-3-5-13(15)20-14/h3-5,11H,6-10,16H2,1-2H3. The van der Waals surface area contributed by atoms with Crippen molar-refractivity contribution in [2.24, 2.45) is 0 Å². The summed E-state index contributed by atoms with van der Waals surface area (Å²) < 4.78 is 5.78. The molecule has 0 aliphatic carbocycles. The van der Waals surface area contributed by atoms with Crippen molar-refractivity contribution in [3.05, 3.63) is 24.1 Å². The highest BCUT2D eigenvalue weighted by Crippen LogP contribution is 2.22. The smallest absolute Gasteiger partial charge is 0.209 e. The molecule has 5 heteroatoms. The maximum Gasteiger partial charge on any atom is 0.209 e. The average molecular weight is 274 g/mol. The summed E-state index contributed by atoms with van der Waals surface area (Å²) in [6.45, 7) is 9.61. The summed E-state index contributed by atoms with van der Waals surface area (Å²) in [6.07, 6.45) is 0. The van der Waals surface area contributed by atoms with Crippen LogP contribution < -0.4 is 5.73 Å². The molecule has 1 saturated heterocycles. The second kappa shape index (κ2) is 5.42. The minimum absolute atomic E-state index is 0.626. The molecule has 1 aliphatic heterocycles. The Labute approximate surface area is 119 Å². The van der Waals surface area contributed by atoms with Gasteiger partial charge in [0.15, 0.2) is 5.58 Å². The Kier molecular flexibility index (Phi) is 3.63. The fraction of sp³-hybridized carbons (Fsp3) is 0.533. The number of hydrogen-bond donors (Lipinski definition) is 1. The van der Waals surface area contributed by atoms with Crippen molar-refractivity contribution in [3.8, 4) is 0 Å². The zero-order valence-electron chi connectivity index (χ0n) is 12.2. The zero-order chi connectivity index (χ0) is 14.1. The fourth-order valence-electron chi connectivity index (χ4n) is 2.71. The monoisotopic (exact) mass is 274 g/mol. The molecule has 108 valence electrons. The molecule has 5 nitrogen and oxygen atoms in total. The lowest BCUT2D eigenvalue weighted by Gasteiger charge is -2.36. The maximum atomic E-state index is 5.91. The molecule has 0 amide bonds. The van der Waals surface area contributed by atoms with Crippen LogP contribution in [0.5, 0.6) is 0 Å². The first-order valence-electron chi connectivity index (χ1n) is 7.24. The normalized spacial score (nSPS) is 18.1. The molecule has 1 aliphatic rings. The summed E-state index contributed by atoms with van der Waals surface area (Å²) in [7, 11) is 0. The largest absolute Gasteiger partial charge is 0.439 e. The lowest BCUT2D eigenvalue weighted by molar-refractivity contribution is 0.0982. The predicted molar refractivity (Wildman–Crippen MR) is 80.4 cm³/mol. The minimum atomic E-state index is 0.626. The molecule has 0 radical (unpaired) electrons. The molecule has 1 aromatic carbocycles. The number of para-hydroxylation sites is 1. The number of nitrogen functional groups attached to an aromatic ring is 1. The van der Waals surface area contributed by atoms with E-state index in [-0.39, 0.29) is 0 Å². The van der Waals surface area contributed by atoms with Crippen LogP contribution in [-0.2, 0) is 6.54 Å². The van der Waals surface area contributed by atoms with Crippen LogP contribution in [0.25, 0.3) is 11.1 Å². The highest BCUT2D eigenvalue weighted by atomic mass is 16.3. The Morgan fingerprint density at radius 1 is 1.25 bits per heavy atom. The topological polar surface area (TPSA) is 58.5 Å². The molecular weight excluding hydrogens is 252 g/mol. The van der Waals surface area contributed by atoms with Gasteiger partial charge in [0, 0.05) is 32.2 Å². The van der Waals surface area contributed by atoms with E-state index in [2.05, 4.69) is 28.6 Å². The van der Waals surface area contributed by atoms with Gasteiger partial charge in [-0.25, -0.2) is 4.98 Å². The van der Waals surface area contributed by atoms with Crippen molar-refractivity contribution in [2.45, 2.75) is 26.4 Å². The first kappa shape index (κ1) is 13.4. The number of oxazole rings is 1. The number of nitrogens with two attached hydrogens (primary N) is 1. The second-order valence-corrected chi connectivity index (χ2v) is 5.71. The average Bonchev–Trinajstić information content (AvgIpc) is 2.83. The lowest BCUT2D eigenvalue weighted by Crippen LogP contribution is -2.48. The van der Waals surface area contributed by atoms with Gasteiger partial charge in [-0.2, -0.15) is 0 Å². The summed E-state index contributed by atoms with van der Waals surface area (Å²) in [5.41, 5.74) is 8.15. The number of nitrogens with zero attached hydrogens (tertiary/aromatic N) is 3. The van der Waals surface area contributed by atoms with E-state index in [0.29, 0.717) is 11.7 Å². The maximum absolute atomic E-state index is 5.91. The molecule has 2 heterocycles. The van der Waals surface area contributed by atoms with Crippen molar-refractivity contribution >= 4 is 16.8 Å². The van der Waals surface area contributed by atoms with E-state index >= 15 is 0 Å². The molecule has 0 spiro atoms. The number of hydrogen-bond acceptors (Lipinski definition) is 5. The number of aromatic nitrogens is 1. The predicted octanol–water partition coefficient (Wildman–Crippen LogP) is 1.94. The van der Waals surface area contributed by atoms with Gasteiger partial charge in [0.05, 0.1) is 12.2 Å². The van der Waals surface area contributed by atoms with Crippen LogP contribution in [0, 0.1) is 0 Å². The molecule has 3 rings (SSSR count). The Hall–Kier alpha value is -1.59. The van der Waals surface area contributed by atoms with Crippen LogP contribution in [0.3, 0.4) is 0 Å². The van der Waals surface area contributed by atoms with Gasteiger partial charge >= 0.3 is 0 Å². The number of fused-ring (bicyclic) bond motifs is 1. The molecule has 0 atom stereocenters. The first-order valence-corrected chi connectivity index (χ1v) is 7.24. The van der Waals surface area contributed by atoms with Gasteiger partial charge in [-0.1, -0.05) is 6.07 Å². The lowest BCUT2D eigenvalue weighted by atomic mass is 10.2. The highest BCUT2D eigenvalue weighted by molar-refractivity contribution is 5.85. The summed E-state index contributed by atoms with van der Waals surface area (Å²) in [4.78, 5) is 9.40. The Morgan fingerprint density at radius 3 is 2.65 bits per heavy atom. The Morgan fingerprint density at radius 2 is 2.00 bits per heavy atom. The van der Waals surface area contributed by atoms with Crippen molar-refractivity contribution < 1.29 is 4.42 Å². The summed E-state index contributed by atoms with van der Waals surface area (Å²) >= 11 is 0. The van der Waals surface area contributed by atoms with E-state index in [1.807, 2.05) is 18.2 Å². The van der Waals surface area contributed by atoms with Gasteiger partial charge in [-0.15, -0.1) is 0 Å². The molecule has 2 aromatic rings. The van der Waals surface area contributed by atoms with E-state index < -0.39 is 0 Å².